The molecule has 2 aromatic heterocycles. The van der Waals surface area contributed by atoms with Crippen molar-refractivity contribution in [2.24, 2.45) is 5.41 Å². The number of aromatic nitrogens is 3. The zero-order valence-corrected chi connectivity index (χ0v) is 20.2. The fourth-order valence-corrected chi connectivity index (χ4v) is 5.00. The average molecular weight is 520 g/mol. The molecule has 1 saturated heterocycles. The summed E-state index contributed by atoms with van der Waals surface area (Å²) < 4.78 is 37.3. The number of benzene rings is 1. The van der Waals surface area contributed by atoms with E-state index in [0.29, 0.717) is 24.3 Å². The van der Waals surface area contributed by atoms with Crippen LogP contribution in [0.25, 0.3) is 10.9 Å². The number of carboxylic acid groups (broad SMARTS) is 1. The molecule has 1 unspecified atom stereocenters. The number of fused-ring (bicyclic) bond motifs is 1. The number of nitrogens with zero attached hydrogens (tertiary/aromatic N) is 4. The molecule has 190 valence electrons. The highest BCUT2D eigenvalue weighted by Gasteiger charge is 2.41. The van der Waals surface area contributed by atoms with Crippen molar-refractivity contribution in [3.63, 3.8) is 0 Å². The van der Waals surface area contributed by atoms with Crippen LogP contribution in [0.15, 0.2) is 29.5 Å². The molecule has 1 aromatic carbocycles. The monoisotopic (exact) mass is 519 g/mol. The third-order valence-electron chi connectivity index (χ3n) is 6.86. The Balaban J connectivity index is 1.54. The number of nitrogens with one attached hydrogen (secondary N) is 1. The van der Waals surface area contributed by atoms with Gasteiger partial charge in [0.25, 0.3) is 0 Å². The molecular weight excluding hydrogens is 496 g/mol. The van der Waals surface area contributed by atoms with Crippen LogP contribution in [0, 0.1) is 11.2 Å². The maximum absolute atomic E-state index is 15.6. The minimum Gasteiger partial charge on any atom is -0.492 e. The van der Waals surface area contributed by atoms with Crippen molar-refractivity contribution in [2.45, 2.75) is 25.3 Å². The van der Waals surface area contributed by atoms with Gasteiger partial charge in [-0.05, 0) is 25.3 Å². The zero-order valence-electron chi connectivity index (χ0n) is 19.4. The first-order chi connectivity index (χ1) is 17.3. The van der Waals surface area contributed by atoms with Crippen molar-refractivity contribution in [1.29, 1.82) is 0 Å². The predicted octanol–water partition coefficient (Wildman–Crippen LogP) is 3.90. The number of halogens is 3. The number of hydrogen-bond donors (Lipinski definition) is 2. The highest BCUT2D eigenvalue weighted by molar-refractivity contribution is 6.29. The van der Waals surface area contributed by atoms with Crippen LogP contribution < -0.4 is 20.4 Å². The van der Waals surface area contributed by atoms with Crippen LogP contribution in [-0.4, -0.2) is 59.0 Å². The van der Waals surface area contributed by atoms with E-state index in [4.69, 9.17) is 16.3 Å². The number of pyridine rings is 1. The van der Waals surface area contributed by atoms with Crippen LogP contribution >= 0.6 is 11.6 Å². The summed E-state index contributed by atoms with van der Waals surface area (Å²) in [6.07, 6.45) is 6.22. The van der Waals surface area contributed by atoms with E-state index in [1.165, 1.54) is 25.7 Å². The SMILES string of the molecule is COc1c(N2CCC(CF)(CNc3cncc(Cl)n3)C2)c(F)cc2c(=O)c(C(=O)O)cn(C3CC3)c12. The van der Waals surface area contributed by atoms with Gasteiger partial charge < -0.3 is 24.6 Å². The molecule has 12 heteroatoms. The fourth-order valence-electron chi connectivity index (χ4n) is 4.86. The summed E-state index contributed by atoms with van der Waals surface area (Å²) in [4.78, 5) is 34.4. The number of aromatic carboxylic acids is 1. The van der Waals surface area contributed by atoms with Crippen LogP contribution in [-0.2, 0) is 0 Å². The Labute approximate surface area is 209 Å². The first kappa shape index (κ1) is 24.2. The summed E-state index contributed by atoms with van der Waals surface area (Å²) in [5, 5.41) is 12.7. The number of methoxy groups -OCH3 is 1. The van der Waals surface area contributed by atoms with E-state index in [9.17, 15) is 19.1 Å². The maximum atomic E-state index is 15.6. The summed E-state index contributed by atoms with van der Waals surface area (Å²) >= 11 is 5.88. The summed E-state index contributed by atoms with van der Waals surface area (Å²) in [6, 6.07) is 1.06. The lowest BCUT2D eigenvalue weighted by atomic mass is 9.88. The topological polar surface area (TPSA) is 110 Å². The quantitative estimate of drug-likeness (QED) is 0.461. The largest absolute Gasteiger partial charge is 0.492 e. The van der Waals surface area contributed by atoms with Crippen LogP contribution in [0.5, 0.6) is 5.75 Å². The summed E-state index contributed by atoms with van der Waals surface area (Å²) in [5.41, 5.74) is -1.56. The zero-order chi connectivity index (χ0) is 25.6. The normalized spacial score (nSPS) is 19.6. The van der Waals surface area contributed by atoms with Gasteiger partial charge in [-0.3, -0.25) is 14.2 Å². The molecule has 2 fully saturated rings. The molecule has 36 heavy (non-hydrogen) atoms. The van der Waals surface area contributed by atoms with Crippen LogP contribution in [0.3, 0.4) is 0 Å². The Morgan fingerprint density at radius 3 is 2.81 bits per heavy atom. The van der Waals surface area contributed by atoms with Gasteiger partial charge in [-0.15, -0.1) is 0 Å². The van der Waals surface area contributed by atoms with Gasteiger partial charge in [0, 0.05) is 37.3 Å². The van der Waals surface area contributed by atoms with Gasteiger partial charge in [0.05, 0.1) is 37.1 Å². The van der Waals surface area contributed by atoms with E-state index in [1.54, 1.807) is 9.47 Å². The lowest BCUT2D eigenvalue weighted by Gasteiger charge is -2.29. The Morgan fingerprint density at radius 1 is 1.39 bits per heavy atom. The van der Waals surface area contributed by atoms with Crippen molar-refractivity contribution in [3.05, 3.63) is 51.4 Å². The van der Waals surface area contributed by atoms with Gasteiger partial charge in [0.1, 0.15) is 22.2 Å². The third kappa shape index (κ3) is 4.21. The molecule has 0 amide bonds. The first-order valence-corrected chi connectivity index (χ1v) is 11.9. The second-order valence-corrected chi connectivity index (χ2v) is 9.72. The maximum Gasteiger partial charge on any atom is 0.341 e. The Morgan fingerprint density at radius 2 is 2.17 bits per heavy atom. The molecule has 3 aromatic rings. The number of ether oxygens (including phenoxy) is 1. The minimum absolute atomic E-state index is 0.00933. The van der Waals surface area contributed by atoms with Gasteiger partial charge in [-0.25, -0.2) is 14.2 Å². The summed E-state index contributed by atoms with van der Waals surface area (Å²) in [7, 11) is 1.38. The third-order valence-corrected chi connectivity index (χ3v) is 7.04. The minimum atomic E-state index is -1.37. The van der Waals surface area contributed by atoms with Crippen molar-refractivity contribution in [2.75, 3.05) is 43.6 Å². The Bertz CT molecular complexity index is 1410. The molecule has 2 N–H and O–H groups in total. The molecule has 1 atom stereocenters. The number of carbonyl (C=O) groups is 1. The number of carboxylic acids is 1. The van der Waals surface area contributed by atoms with Gasteiger partial charge >= 0.3 is 5.97 Å². The van der Waals surface area contributed by atoms with E-state index >= 15 is 4.39 Å². The molecule has 2 aliphatic rings. The average Bonchev–Trinajstić information content (AvgIpc) is 3.62. The standard InChI is InChI=1S/C24H24ClF2N5O4/c1-36-22-19-14(21(33)15(23(34)35)9-32(19)13-2-3-13)6-16(27)20(22)31-5-4-24(10-26,12-31)11-29-18-8-28-7-17(25)30-18/h6-9,13H,2-5,10-12H2,1H3,(H,29,30)(H,34,35). The van der Waals surface area contributed by atoms with E-state index < -0.39 is 34.9 Å². The molecule has 0 bridgehead atoms. The molecule has 3 heterocycles. The van der Waals surface area contributed by atoms with Crippen LogP contribution in [0.2, 0.25) is 5.15 Å². The lowest BCUT2D eigenvalue weighted by molar-refractivity contribution is 0.0694. The van der Waals surface area contributed by atoms with Gasteiger partial charge in [0.2, 0.25) is 5.43 Å². The van der Waals surface area contributed by atoms with E-state index in [-0.39, 0.29) is 41.1 Å². The molecule has 0 spiro atoms. The van der Waals surface area contributed by atoms with Crippen molar-refractivity contribution < 1.29 is 23.4 Å². The second kappa shape index (κ2) is 9.20. The summed E-state index contributed by atoms with van der Waals surface area (Å²) in [6.45, 7) is 0.106. The highest BCUT2D eigenvalue weighted by Crippen LogP contribution is 2.46. The van der Waals surface area contributed by atoms with E-state index in [1.807, 2.05) is 0 Å². The van der Waals surface area contributed by atoms with Gasteiger partial charge in [0.15, 0.2) is 11.6 Å². The highest BCUT2D eigenvalue weighted by atomic mass is 35.5. The number of hydrogen-bond acceptors (Lipinski definition) is 7. The molecule has 1 aliphatic heterocycles. The van der Waals surface area contributed by atoms with Gasteiger partial charge in [-0.2, -0.15) is 0 Å². The van der Waals surface area contributed by atoms with E-state index in [0.717, 1.165) is 18.9 Å². The van der Waals surface area contributed by atoms with Crippen molar-refractivity contribution in [3.8, 4) is 5.75 Å². The number of alkyl halides is 1. The number of rotatable bonds is 8. The molecule has 5 rings (SSSR count). The molecule has 1 aliphatic carbocycles. The predicted molar refractivity (Wildman–Crippen MR) is 131 cm³/mol. The second-order valence-electron chi connectivity index (χ2n) is 9.34. The molecular formula is C24H24ClF2N5O4. The van der Waals surface area contributed by atoms with E-state index in [2.05, 4.69) is 15.3 Å². The molecule has 9 nitrogen and oxygen atoms in total. The summed E-state index contributed by atoms with van der Waals surface area (Å²) in [5.74, 6) is -1.56. The van der Waals surface area contributed by atoms with Crippen LogP contribution in [0.4, 0.5) is 20.3 Å². The number of anilines is 2. The molecule has 1 saturated carbocycles. The molecule has 0 radical (unpaired) electrons. The lowest BCUT2D eigenvalue weighted by Crippen LogP contribution is -2.36. The smallest absolute Gasteiger partial charge is 0.341 e. The van der Waals surface area contributed by atoms with Gasteiger partial charge in [-0.1, -0.05) is 11.6 Å². The van der Waals surface area contributed by atoms with Crippen LogP contribution in [0.1, 0.15) is 35.7 Å². The Hall–Kier alpha value is -3.47. The fraction of sp³-hybridized carbons (Fsp3) is 0.417. The Kier molecular flexibility index (Phi) is 6.19. The first-order valence-electron chi connectivity index (χ1n) is 11.5. The van der Waals surface area contributed by atoms with Crippen molar-refractivity contribution in [1.82, 2.24) is 14.5 Å². The van der Waals surface area contributed by atoms with Crippen molar-refractivity contribution >= 4 is 40.0 Å².